The van der Waals surface area contributed by atoms with Crippen LogP contribution in [-0.2, 0) is 17.6 Å². The smallest absolute Gasteiger partial charge is 0.0749 e. The molecule has 0 amide bonds. The van der Waals surface area contributed by atoms with Gasteiger partial charge < -0.3 is 4.74 Å². The van der Waals surface area contributed by atoms with E-state index >= 15 is 0 Å². The summed E-state index contributed by atoms with van der Waals surface area (Å²) in [6.45, 7) is 4.63. The van der Waals surface area contributed by atoms with E-state index in [-0.39, 0.29) is 0 Å². The molecule has 4 rings (SSSR count). The number of rotatable bonds is 24. The Bertz CT molecular complexity index is 960. The van der Waals surface area contributed by atoms with Gasteiger partial charge >= 0.3 is 0 Å². The molecule has 0 saturated carbocycles. The van der Waals surface area contributed by atoms with Crippen LogP contribution in [0.4, 0.5) is 0 Å². The second-order valence-electron chi connectivity index (χ2n) is 15.3. The van der Waals surface area contributed by atoms with Gasteiger partial charge in [0.1, 0.15) is 0 Å². The second-order valence-corrected chi connectivity index (χ2v) is 15.3. The number of likely N-dealkylation sites (tertiary alicyclic amines) is 2. The highest BCUT2D eigenvalue weighted by Crippen LogP contribution is 2.37. The summed E-state index contributed by atoms with van der Waals surface area (Å²) in [4.78, 5) is 5.50. The molecule has 0 aromatic heterocycles. The van der Waals surface area contributed by atoms with Gasteiger partial charge in [0.25, 0.3) is 0 Å². The van der Waals surface area contributed by atoms with Crippen LogP contribution in [0.15, 0.2) is 60.7 Å². The fraction of sp³-hybridized carbons (Fsp3) is 0.727. The van der Waals surface area contributed by atoms with Gasteiger partial charge in [-0.25, -0.2) is 0 Å². The molecule has 47 heavy (non-hydrogen) atoms. The summed E-state index contributed by atoms with van der Waals surface area (Å²) in [5.41, 5.74) is 2.93. The zero-order valence-corrected chi connectivity index (χ0v) is 31.1. The van der Waals surface area contributed by atoms with Crippen molar-refractivity contribution < 1.29 is 4.74 Å². The van der Waals surface area contributed by atoms with Crippen molar-refractivity contribution in [2.24, 2.45) is 0 Å². The minimum Gasteiger partial charge on any atom is -0.372 e. The molecular formula is C44H72N2O. The summed E-state index contributed by atoms with van der Waals surface area (Å²) in [5.74, 6) is 0. The zero-order valence-electron chi connectivity index (χ0n) is 31.1. The molecule has 6 unspecified atom stereocenters. The lowest BCUT2D eigenvalue weighted by Gasteiger charge is -2.32. The number of benzene rings is 2. The third-order valence-corrected chi connectivity index (χ3v) is 11.8. The number of likely N-dealkylation sites (N-methyl/N-ethyl adjacent to an activating group) is 2. The quantitative estimate of drug-likeness (QED) is 0.106. The lowest BCUT2D eigenvalue weighted by atomic mass is 9.98. The summed E-state index contributed by atoms with van der Waals surface area (Å²) in [7, 11) is 4.84. The van der Waals surface area contributed by atoms with E-state index in [1.807, 2.05) is 0 Å². The third kappa shape index (κ3) is 12.9. The maximum Gasteiger partial charge on any atom is 0.0749 e. The Balaban J connectivity index is 1.39. The molecule has 2 saturated heterocycles. The van der Waals surface area contributed by atoms with Crippen LogP contribution >= 0.6 is 0 Å². The molecule has 2 fully saturated rings. The highest BCUT2D eigenvalue weighted by Gasteiger charge is 2.45. The van der Waals surface area contributed by atoms with Gasteiger partial charge in [0.2, 0.25) is 0 Å². The Labute approximate surface area is 291 Å². The van der Waals surface area contributed by atoms with Crippen LogP contribution in [0.3, 0.4) is 0 Å². The van der Waals surface area contributed by atoms with Crippen molar-refractivity contribution in [3.63, 3.8) is 0 Å². The predicted molar refractivity (Wildman–Crippen MR) is 203 cm³/mol. The van der Waals surface area contributed by atoms with Crippen LogP contribution in [0.2, 0.25) is 0 Å². The first-order valence-corrected chi connectivity index (χ1v) is 20.3. The number of hydrogen-bond donors (Lipinski definition) is 0. The molecule has 264 valence electrons. The topological polar surface area (TPSA) is 15.7 Å². The molecule has 3 heteroatoms. The average molecular weight is 645 g/mol. The SMILES string of the molecule is CCCCCCCCCC1CC(OC2CC(CCCCCCCCC)N(C)C2CCc2ccccc2)C(CCc2ccccc2)N1C. The molecule has 0 N–H and O–H groups in total. The lowest BCUT2D eigenvalue weighted by Crippen LogP contribution is -2.41. The van der Waals surface area contributed by atoms with Gasteiger partial charge in [-0.1, -0.05) is 164 Å². The van der Waals surface area contributed by atoms with Gasteiger partial charge in [0.05, 0.1) is 12.2 Å². The van der Waals surface area contributed by atoms with Gasteiger partial charge in [-0.05, 0) is 76.6 Å². The molecule has 2 heterocycles. The summed E-state index contributed by atoms with van der Waals surface area (Å²) >= 11 is 0. The van der Waals surface area contributed by atoms with E-state index in [0.29, 0.717) is 36.4 Å². The first kappa shape index (κ1) is 38.1. The van der Waals surface area contributed by atoms with Crippen molar-refractivity contribution in [3.05, 3.63) is 71.8 Å². The van der Waals surface area contributed by atoms with Gasteiger partial charge in [-0.15, -0.1) is 0 Å². The molecule has 0 spiro atoms. The molecule has 0 aliphatic carbocycles. The number of nitrogens with zero attached hydrogens (tertiary/aromatic N) is 2. The Morgan fingerprint density at radius 1 is 0.489 bits per heavy atom. The first-order chi connectivity index (χ1) is 23.1. The molecule has 3 nitrogen and oxygen atoms in total. The zero-order chi connectivity index (χ0) is 33.1. The fourth-order valence-electron chi connectivity index (χ4n) is 8.78. The minimum atomic E-state index is 0.341. The molecule has 2 aromatic rings. The molecule has 6 atom stereocenters. The van der Waals surface area contributed by atoms with E-state index in [2.05, 4.69) is 98.4 Å². The Morgan fingerprint density at radius 2 is 0.851 bits per heavy atom. The Hall–Kier alpha value is -1.68. The largest absolute Gasteiger partial charge is 0.372 e. The van der Waals surface area contributed by atoms with E-state index in [0.717, 1.165) is 12.8 Å². The van der Waals surface area contributed by atoms with Gasteiger partial charge in [-0.2, -0.15) is 0 Å². The van der Waals surface area contributed by atoms with E-state index in [1.54, 1.807) is 0 Å². The van der Waals surface area contributed by atoms with Gasteiger partial charge in [0, 0.05) is 24.2 Å². The van der Waals surface area contributed by atoms with E-state index in [1.165, 1.54) is 140 Å². The molecule has 2 aliphatic rings. The summed E-state index contributed by atoms with van der Waals surface area (Å²) in [6, 6.07) is 24.6. The average Bonchev–Trinajstić information content (AvgIpc) is 3.56. The van der Waals surface area contributed by atoms with Gasteiger partial charge in [0.15, 0.2) is 0 Å². The number of unbranched alkanes of at least 4 members (excludes halogenated alkanes) is 12. The number of ether oxygens (including phenoxy) is 1. The minimum absolute atomic E-state index is 0.341. The standard InChI is InChI=1S/C44H72N2O/c1-5-7-9-11-13-15-23-29-39-35-43(41(45(39)3)33-31-37-25-19-17-20-26-37)47-44-36-40(30-24-16-14-12-10-8-6-2)46(4)42(44)34-32-38-27-21-18-22-28-38/h17-22,25-28,39-44H,5-16,23-24,29-36H2,1-4H3. The molecule has 2 aliphatic heterocycles. The van der Waals surface area contributed by atoms with Crippen LogP contribution < -0.4 is 0 Å². The van der Waals surface area contributed by atoms with Crippen LogP contribution in [0.5, 0.6) is 0 Å². The van der Waals surface area contributed by atoms with Crippen LogP contribution in [0.25, 0.3) is 0 Å². The molecule has 2 aromatic carbocycles. The monoisotopic (exact) mass is 645 g/mol. The van der Waals surface area contributed by atoms with Crippen molar-refractivity contribution in [2.75, 3.05) is 14.1 Å². The summed E-state index contributed by atoms with van der Waals surface area (Å²) in [5, 5.41) is 0. The predicted octanol–water partition coefficient (Wildman–Crippen LogP) is 11.4. The number of aryl methyl sites for hydroxylation is 2. The maximum absolute atomic E-state index is 7.44. The van der Waals surface area contributed by atoms with Crippen LogP contribution in [0, 0.1) is 0 Å². The third-order valence-electron chi connectivity index (χ3n) is 11.8. The van der Waals surface area contributed by atoms with Gasteiger partial charge in [-0.3, -0.25) is 9.80 Å². The van der Waals surface area contributed by atoms with E-state index in [4.69, 9.17) is 4.74 Å². The van der Waals surface area contributed by atoms with Crippen LogP contribution in [0.1, 0.15) is 153 Å². The lowest BCUT2D eigenvalue weighted by molar-refractivity contribution is -0.0424. The van der Waals surface area contributed by atoms with E-state index < -0.39 is 0 Å². The number of hydrogen-bond acceptors (Lipinski definition) is 3. The highest BCUT2D eigenvalue weighted by atomic mass is 16.5. The highest BCUT2D eigenvalue weighted by molar-refractivity contribution is 5.16. The van der Waals surface area contributed by atoms with Crippen molar-refractivity contribution >= 4 is 0 Å². The first-order valence-electron chi connectivity index (χ1n) is 20.3. The normalized spacial score (nSPS) is 25.2. The Kier molecular flexibility index (Phi) is 17.9. The second kappa shape index (κ2) is 22.1. The van der Waals surface area contributed by atoms with Crippen molar-refractivity contribution in [1.29, 1.82) is 0 Å². The van der Waals surface area contributed by atoms with Crippen molar-refractivity contribution in [2.45, 2.75) is 191 Å². The van der Waals surface area contributed by atoms with E-state index in [9.17, 15) is 0 Å². The van der Waals surface area contributed by atoms with Crippen LogP contribution in [-0.4, -0.2) is 60.3 Å². The summed E-state index contributed by atoms with van der Waals surface area (Å²) in [6.07, 6.45) is 29.9. The molecule has 0 radical (unpaired) electrons. The van der Waals surface area contributed by atoms with Crippen molar-refractivity contribution in [3.8, 4) is 0 Å². The Morgan fingerprint density at radius 3 is 1.23 bits per heavy atom. The van der Waals surface area contributed by atoms with Crippen molar-refractivity contribution in [1.82, 2.24) is 9.80 Å². The fourth-order valence-corrected chi connectivity index (χ4v) is 8.78. The maximum atomic E-state index is 7.44. The summed E-state index contributed by atoms with van der Waals surface area (Å²) < 4.78 is 7.44. The molecular weight excluding hydrogens is 572 g/mol. The molecule has 0 bridgehead atoms.